The second-order valence-electron chi connectivity index (χ2n) is 6.33. The maximum atomic E-state index is 13.0. The molecule has 1 amide bonds. The summed E-state index contributed by atoms with van der Waals surface area (Å²) in [6.45, 7) is 2.98. The van der Waals surface area contributed by atoms with Crippen molar-refractivity contribution in [3.63, 3.8) is 0 Å². The monoisotopic (exact) mass is 364 g/mol. The summed E-state index contributed by atoms with van der Waals surface area (Å²) < 4.78 is 12.3. The molecule has 2 aromatic carbocycles. The minimum atomic E-state index is -0.482. The SMILES string of the molecule is CCOC(=O)N1CCc2c(n(C(=O)Oc3ccccc3)c3ccccc23)C1. The molecular weight excluding hydrogens is 344 g/mol. The van der Waals surface area contributed by atoms with Gasteiger partial charge in [0.1, 0.15) is 5.75 Å². The minimum absolute atomic E-state index is 0.312. The summed E-state index contributed by atoms with van der Waals surface area (Å²) in [6.07, 6.45) is -0.180. The van der Waals surface area contributed by atoms with Gasteiger partial charge in [0.25, 0.3) is 0 Å². The standard InChI is InChI=1S/C21H20N2O4/c1-2-26-20(24)22-13-12-17-16-10-6-7-11-18(16)23(19(17)14-22)21(25)27-15-8-4-3-5-9-15/h3-11H,2,12-14H2,1H3. The van der Waals surface area contributed by atoms with Crippen LogP contribution in [0.2, 0.25) is 0 Å². The van der Waals surface area contributed by atoms with Crippen LogP contribution in [0, 0.1) is 0 Å². The molecule has 1 aliphatic rings. The minimum Gasteiger partial charge on any atom is -0.450 e. The number of benzene rings is 2. The van der Waals surface area contributed by atoms with Crippen molar-refractivity contribution in [3.05, 3.63) is 65.9 Å². The molecule has 0 atom stereocenters. The summed E-state index contributed by atoms with van der Waals surface area (Å²) in [5, 5.41) is 1.01. The molecule has 6 nitrogen and oxygen atoms in total. The molecule has 3 aromatic rings. The van der Waals surface area contributed by atoms with E-state index < -0.39 is 6.09 Å². The average molecular weight is 364 g/mol. The van der Waals surface area contributed by atoms with Gasteiger partial charge >= 0.3 is 12.2 Å². The number of rotatable bonds is 2. The Labute approximate surface area is 156 Å². The number of aromatic nitrogens is 1. The van der Waals surface area contributed by atoms with Gasteiger partial charge in [0.2, 0.25) is 0 Å². The van der Waals surface area contributed by atoms with E-state index in [9.17, 15) is 9.59 Å². The Morgan fingerprint density at radius 1 is 1.00 bits per heavy atom. The van der Waals surface area contributed by atoms with Crippen LogP contribution in [-0.2, 0) is 17.7 Å². The van der Waals surface area contributed by atoms with Crippen LogP contribution in [0.1, 0.15) is 18.2 Å². The van der Waals surface area contributed by atoms with Gasteiger partial charge in [-0.2, -0.15) is 0 Å². The number of nitrogens with zero attached hydrogens (tertiary/aromatic N) is 2. The number of hydrogen-bond acceptors (Lipinski definition) is 4. The largest absolute Gasteiger partial charge is 0.450 e. The van der Waals surface area contributed by atoms with Crippen LogP contribution < -0.4 is 4.74 Å². The van der Waals surface area contributed by atoms with Crippen LogP contribution in [0.5, 0.6) is 5.75 Å². The van der Waals surface area contributed by atoms with E-state index in [4.69, 9.17) is 9.47 Å². The molecule has 0 saturated carbocycles. The summed E-state index contributed by atoms with van der Waals surface area (Å²) in [7, 11) is 0. The Bertz CT molecular complexity index is 994. The highest BCUT2D eigenvalue weighted by Crippen LogP contribution is 2.31. The second kappa shape index (κ2) is 7.15. The predicted molar refractivity (Wildman–Crippen MR) is 101 cm³/mol. The van der Waals surface area contributed by atoms with Gasteiger partial charge < -0.3 is 14.4 Å². The lowest BCUT2D eigenvalue weighted by molar-refractivity contribution is 0.101. The Morgan fingerprint density at radius 3 is 2.52 bits per heavy atom. The highest BCUT2D eigenvalue weighted by atomic mass is 16.6. The van der Waals surface area contributed by atoms with Crippen molar-refractivity contribution in [1.29, 1.82) is 0 Å². The van der Waals surface area contributed by atoms with Gasteiger partial charge in [0.05, 0.1) is 24.4 Å². The summed E-state index contributed by atoms with van der Waals surface area (Å²) in [5.74, 6) is 0.479. The number of hydrogen-bond donors (Lipinski definition) is 0. The molecule has 0 saturated heterocycles. The molecule has 0 spiro atoms. The van der Waals surface area contributed by atoms with E-state index in [2.05, 4.69) is 0 Å². The normalized spacial score (nSPS) is 13.3. The van der Waals surface area contributed by atoms with E-state index in [1.165, 1.54) is 0 Å². The van der Waals surface area contributed by atoms with Crippen LogP contribution >= 0.6 is 0 Å². The maximum absolute atomic E-state index is 13.0. The van der Waals surface area contributed by atoms with Gasteiger partial charge in [-0.05, 0) is 37.1 Å². The van der Waals surface area contributed by atoms with Crippen molar-refractivity contribution in [2.75, 3.05) is 13.2 Å². The van der Waals surface area contributed by atoms with Crippen LogP contribution in [0.4, 0.5) is 9.59 Å². The smallest absolute Gasteiger partial charge is 0.424 e. The van der Waals surface area contributed by atoms with Gasteiger partial charge in [-0.3, -0.25) is 0 Å². The van der Waals surface area contributed by atoms with E-state index in [1.807, 2.05) is 42.5 Å². The van der Waals surface area contributed by atoms with Gasteiger partial charge in [-0.25, -0.2) is 14.2 Å². The number of para-hydroxylation sites is 2. The lowest BCUT2D eigenvalue weighted by Crippen LogP contribution is -2.37. The van der Waals surface area contributed by atoms with Crippen molar-refractivity contribution in [2.45, 2.75) is 19.9 Å². The summed E-state index contributed by atoms with van der Waals surface area (Å²) in [5.41, 5.74) is 2.64. The average Bonchev–Trinajstić information content (AvgIpc) is 3.02. The topological polar surface area (TPSA) is 60.8 Å². The van der Waals surface area contributed by atoms with Crippen molar-refractivity contribution >= 4 is 23.1 Å². The summed E-state index contributed by atoms with van der Waals surface area (Å²) >= 11 is 0. The first-order chi connectivity index (χ1) is 13.2. The van der Waals surface area contributed by atoms with Crippen LogP contribution in [-0.4, -0.2) is 34.8 Å². The molecular formula is C21H20N2O4. The Hall–Kier alpha value is -3.28. The van der Waals surface area contributed by atoms with Crippen LogP contribution in [0.15, 0.2) is 54.6 Å². The first kappa shape index (κ1) is 17.1. The third-order valence-corrected chi connectivity index (χ3v) is 4.72. The molecule has 138 valence electrons. The fraction of sp³-hybridized carbons (Fsp3) is 0.238. The molecule has 0 aliphatic carbocycles. The van der Waals surface area contributed by atoms with Gasteiger partial charge in [0.15, 0.2) is 0 Å². The molecule has 1 aliphatic heterocycles. The van der Waals surface area contributed by atoms with E-state index in [0.29, 0.717) is 31.9 Å². The predicted octanol–water partition coefficient (Wildman–Crippen LogP) is 4.20. The van der Waals surface area contributed by atoms with Gasteiger partial charge in [0, 0.05) is 11.9 Å². The second-order valence-corrected chi connectivity index (χ2v) is 6.33. The lowest BCUT2D eigenvalue weighted by atomic mass is 10.0. The van der Waals surface area contributed by atoms with Crippen LogP contribution in [0.3, 0.4) is 0 Å². The highest BCUT2D eigenvalue weighted by Gasteiger charge is 2.29. The Morgan fingerprint density at radius 2 is 1.74 bits per heavy atom. The Balaban J connectivity index is 1.75. The number of carbonyl (C=O) groups is 2. The number of ether oxygens (including phenoxy) is 2. The third kappa shape index (κ3) is 3.14. The van der Waals surface area contributed by atoms with Gasteiger partial charge in [-0.1, -0.05) is 36.4 Å². The van der Waals surface area contributed by atoms with E-state index in [0.717, 1.165) is 22.2 Å². The van der Waals surface area contributed by atoms with Crippen molar-refractivity contribution in [1.82, 2.24) is 9.47 Å². The maximum Gasteiger partial charge on any atom is 0.424 e. The molecule has 0 radical (unpaired) electrons. The number of amides is 1. The van der Waals surface area contributed by atoms with E-state index in [1.54, 1.807) is 28.5 Å². The first-order valence-electron chi connectivity index (χ1n) is 8.99. The molecule has 0 N–H and O–H groups in total. The molecule has 27 heavy (non-hydrogen) atoms. The zero-order valence-electron chi connectivity index (χ0n) is 15.1. The van der Waals surface area contributed by atoms with Crippen molar-refractivity contribution in [2.24, 2.45) is 0 Å². The van der Waals surface area contributed by atoms with Crippen LogP contribution in [0.25, 0.3) is 10.9 Å². The van der Waals surface area contributed by atoms with Gasteiger partial charge in [-0.15, -0.1) is 0 Å². The summed E-state index contributed by atoms with van der Waals surface area (Å²) in [6, 6.07) is 16.7. The molecule has 2 heterocycles. The molecule has 4 rings (SSSR count). The van der Waals surface area contributed by atoms with Crippen molar-refractivity contribution in [3.8, 4) is 5.75 Å². The molecule has 0 bridgehead atoms. The van der Waals surface area contributed by atoms with Crippen molar-refractivity contribution < 1.29 is 19.1 Å². The van der Waals surface area contributed by atoms with E-state index in [-0.39, 0.29) is 6.09 Å². The fourth-order valence-corrected chi connectivity index (χ4v) is 3.53. The Kier molecular flexibility index (Phi) is 4.54. The van der Waals surface area contributed by atoms with E-state index >= 15 is 0 Å². The number of fused-ring (bicyclic) bond motifs is 3. The highest BCUT2D eigenvalue weighted by molar-refractivity contribution is 5.94. The molecule has 1 aromatic heterocycles. The fourth-order valence-electron chi connectivity index (χ4n) is 3.53. The zero-order valence-corrected chi connectivity index (χ0v) is 15.1. The third-order valence-electron chi connectivity index (χ3n) is 4.72. The molecule has 0 unspecified atom stereocenters. The number of carbonyl (C=O) groups excluding carboxylic acids is 2. The molecule has 0 fully saturated rings. The quantitative estimate of drug-likeness (QED) is 0.684. The molecule has 6 heteroatoms. The zero-order chi connectivity index (χ0) is 18.8. The lowest BCUT2D eigenvalue weighted by Gasteiger charge is -2.27. The summed E-state index contributed by atoms with van der Waals surface area (Å²) in [4.78, 5) is 26.8. The first-order valence-corrected chi connectivity index (χ1v) is 8.99.